The molecule has 2 aromatic carbocycles. The molecule has 0 heterocycles. The SMILES string of the molecule is O=C(COc1ccccc1[N+](=O)[O-])Nc1ccccc1C(=O)NC1CCCC1. The highest BCUT2D eigenvalue weighted by Gasteiger charge is 2.20. The Bertz CT molecular complexity index is 878. The van der Waals surface area contributed by atoms with Gasteiger partial charge in [-0.3, -0.25) is 19.7 Å². The minimum absolute atomic E-state index is 0.00918. The molecule has 0 aliphatic heterocycles. The van der Waals surface area contributed by atoms with Gasteiger partial charge in [0.25, 0.3) is 11.8 Å². The number of benzene rings is 2. The molecule has 8 heteroatoms. The second-order valence-electron chi connectivity index (χ2n) is 6.56. The molecule has 1 aliphatic rings. The molecule has 0 unspecified atom stereocenters. The van der Waals surface area contributed by atoms with Crippen molar-refractivity contribution >= 4 is 23.2 Å². The number of carbonyl (C=O) groups excluding carboxylic acids is 2. The maximum Gasteiger partial charge on any atom is 0.310 e. The molecule has 2 aromatic rings. The van der Waals surface area contributed by atoms with Gasteiger partial charge in [-0.1, -0.05) is 37.1 Å². The van der Waals surface area contributed by atoms with E-state index in [0.717, 1.165) is 25.7 Å². The molecule has 28 heavy (non-hydrogen) atoms. The van der Waals surface area contributed by atoms with Gasteiger partial charge in [0.1, 0.15) is 0 Å². The third-order valence-corrected chi connectivity index (χ3v) is 4.56. The molecule has 1 saturated carbocycles. The van der Waals surface area contributed by atoms with Crippen LogP contribution in [0.25, 0.3) is 0 Å². The van der Waals surface area contributed by atoms with Gasteiger partial charge in [-0.15, -0.1) is 0 Å². The zero-order chi connectivity index (χ0) is 19.9. The van der Waals surface area contributed by atoms with E-state index in [2.05, 4.69) is 10.6 Å². The lowest BCUT2D eigenvalue weighted by Crippen LogP contribution is -2.33. The fourth-order valence-electron chi connectivity index (χ4n) is 3.18. The molecule has 146 valence electrons. The number of carbonyl (C=O) groups is 2. The van der Waals surface area contributed by atoms with Gasteiger partial charge in [0, 0.05) is 12.1 Å². The molecule has 1 fully saturated rings. The smallest absolute Gasteiger partial charge is 0.310 e. The highest BCUT2D eigenvalue weighted by atomic mass is 16.6. The molecule has 0 aromatic heterocycles. The summed E-state index contributed by atoms with van der Waals surface area (Å²) in [4.78, 5) is 35.2. The molecule has 0 radical (unpaired) electrons. The second-order valence-corrected chi connectivity index (χ2v) is 6.56. The topological polar surface area (TPSA) is 111 Å². The fraction of sp³-hybridized carbons (Fsp3) is 0.300. The first kappa shape index (κ1) is 19.3. The Morgan fingerprint density at radius 1 is 1.07 bits per heavy atom. The van der Waals surface area contributed by atoms with Crippen LogP contribution in [-0.2, 0) is 4.79 Å². The molecule has 1 aliphatic carbocycles. The van der Waals surface area contributed by atoms with Crippen LogP contribution in [0.5, 0.6) is 5.75 Å². The van der Waals surface area contributed by atoms with Crippen molar-refractivity contribution in [1.29, 1.82) is 0 Å². The van der Waals surface area contributed by atoms with Crippen LogP contribution in [0, 0.1) is 10.1 Å². The van der Waals surface area contributed by atoms with Crippen LogP contribution in [-0.4, -0.2) is 29.4 Å². The quantitative estimate of drug-likeness (QED) is 0.563. The van der Waals surface area contributed by atoms with Crippen LogP contribution >= 0.6 is 0 Å². The molecule has 3 rings (SSSR count). The third-order valence-electron chi connectivity index (χ3n) is 4.56. The van der Waals surface area contributed by atoms with Gasteiger partial charge in [0.05, 0.1) is 16.2 Å². The van der Waals surface area contributed by atoms with Crippen molar-refractivity contribution < 1.29 is 19.2 Å². The lowest BCUT2D eigenvalue weighted by Gasteiger charge is -2.15. The van der Waals surface area contributed by atoms with Gasteiger partial charge in [0.2, 0.25) is 0 Å². The monoisotopic (exact) mass is 383 g/mol. The minimum Gasteiger partial charge on any atom is -0.477 e. The molecule has 2 N–H and O–H groups in total. The van der Waals surface area contributed by atoms with E-state index in [1.54, 1.807) is 30.3 Å². The predicted molar refractivity (Wildman–Crippen MR) is 103 cm³/mol. The van der Waals surface area contributed by atoms with Gasteiger partial charge >= 0.3 is 5.69 Å². The first-order chi connectivity index (χ1) is 13.5. The lowest BCUT2D eigenvalue weighted by molar-refractivity contribution is -0.385. The molecule has 8 nitrogen and oxygen atoms in total. The number of nitrogens with one attached hydrogen (secondary N) is 2. The van der Waals surface area contributed by atoms with Crippen molar-refractivity contribution in [2.45, 2.75) is 31.7 Å². The van der Waals surface area contributed by atoms with Crippen LogP contribution in [0.2, 0.25) is 0 Å². The normalized spacial score (nSPS) is 13.7. The summed E-state index contributed by atoms with van der Waals surface area (Å²) in [5.41, 5.74) is 0.522. The second kappa shape index (κ2) is 8.98. The van der Waals surface area contributed by atoms with Crippen LogP contribution in [0.1, 0.15) is 36.0 Å². The standard InChI is InChI=1S/C20H21N3O5/c24-19(13-28-18-12-6-5-11-17(18)23(26)27)22-16-10-4-3-9-15(16)20(25)21-14-7-1-2-8-14/h3-6,9-12,14H,1-2,7-8,13H2,(H,21,25)(H,22,24). The molecule has 0 bridgehead atoms. The van der Waals surface area contributed by atoms with E-state index in [9.17, 15) is 19.7 Å². The number of hydrogen-bond acceptors (Lipinski definition) is 5. The van der Waals surface area contributed by atoms with E-state index in [1.165, 1.54) is 18.2 Å². The summed E-state index contributed by atoms with van der Waals surface area (Å²) in [6, 6.07) is 12.7. The van der Waals surface area contributed by atoms with Crippen molar-refractivity contribution in [3.05, 3.63) is 64.2 Å². The number of nitrogens with zero attached hydrogens (tertiary/aromatic N) is 1. The van der Waals surface area contributed by atoms with E-state index in [4.69, 9.17) is 4.74 Å². The number of ether oxygens (including phenoxy) is 1. The molecule has 0 atom stereocenters. The Hall–Kier alpha value is -3.42. The highest BCUT2D eigenvalue weighted by Crippen LogP contribution is 2.26. The maximum absolute atomic E-state index is 12.5. The molecular formula is C20H21N3O5. The summed E-state index contributed by atoms with van der Waals surface area (Å²) >= 11 is 0. The van der Waals surface area contributed by atoms with E-state index >= 15 is 0 Å². The number of rotatable bonds is 7. The Balaban J connectivity index is 1.63. The van der Waals surface area contributed by atoms with Gasteiger partial charge in [-0.05, 0) is 31.0 Å². The van der Waals surface area contributed by atoms with Crippen molar-refractivity contribution in [3.63, 3.8) is 0 Å². The van der Waals surface area contributed by atoms with E-state index in [-0.39, 0.29) is 23.4 Å². The first-order valence-corrected chi connectivity index (χ1v) is 9.10. The average molecular weight is 383 g/mol. The summed E-state index contributed by atoms with van der Waals surface area (Å²) in [5.74, 6) is -0.739. The van der Waals surface area contributed by atoms with Crippen molar-refractivity contribution in [2.75, 3.05) is 11.9 Å². The summed E-state index contributed by atoms with van der Waals surface area (Å²) in [6.45, 7) is -0.413. The molecule has 2 amide bonds. The largest absolute Gasteiger partial charge is 0.477 e. The number of nitro benzene ring substituents is 1. The Kier molecular flexibility index (Phi) is 6.21. The zero-order valence-corrected chi connectivity index (χ0v) is 15.2. The zero-order valence-electron chi connectivity index (χ0n) is 15.2. The summed E-state index contributed by atoms with van der Waals surface area (Å²) in [5, 5.41) is 16.6. The van der Waals surface area contributed by atoms with Crippen molar-refractivity contribution in [3.8, 4) is 5.75 Å². The maximum atomic E-state index is 12.5. The minimum atomic E-state index is -0.574. The third kappa shape index (κ3) is 4.85. The summed E-state index contributed by atoms with van der Waals surface area (Å²) < 4.78 is 5.29. The molecular weight excluding hydrogens is 362 g/mol. The van der Waals surface area contributed by atoms with E-state index < -0.39 is 17.4 Å². The Labute approximate surface area is 162 Å². The number of nitro groups is 1. The lowest BCUT2D eigenvalue weighted by atomic mass is 10.1. The van der Waals surface area contributed by atoms with Gasteiger partial charge in [-0.25, -0.2) is 0 Å². The van der Waals surface area contributed by atoms with Gasteiger partial charge in [-0.2, -0.15) is 0 Å². The van der Waals surface area contributed by atoms with Crippen molar-refractivity contribution in [1.82, 2.24) is 5.32 Å². The molecule has 0 spiro atoms. The van der Waals surface area contributed by atoms with Crippen molar-refractivity contribution in [2.24, 2.45) is 0 Å². The van der Waals surface area contributed by atoms with E-state index in [1.807, 2.05) is 0 Å². The Morgan fingerprint density at radius 3 is 2.50 bits per heavy atom. The fourth-order valence-corrected chi connectivity index (χ4v) is 3.18. The molecule has 0 saturated heterocycles. The predicted octanol–water partition coefficient (Wildman–Crippen LogP) is 3.28. The Morgan fingerprint density at radius 2 is 1.75 bits per heavy atom. The number of para-hydroxylation sites is 3. The summed E-state index contributed by atoms with van der Waals surface area (Å²) in [7, 11) is 0. The number of anilines is 1. The average Bonchev–Trinajstić information content (AvgIpc) is 3.20. The van der Waals surface area contributed by atoms with Crippen LogP contribution < -0.4 is 15.4 Å². The van der Waals surface area contributed by atoms with Crippen LogP contribution in [0.4, 0.5) is 11.4 Å². The first-order valence-electron chi connectivity index (χ1n) is 9.10. The van der Waals surface area contributed by atoms with Gasteiger partial charge < -0.3 is 15.4 Å². The van der Waals surface area contributed by atoms with Crippen LogP contribution in [0.15, 0.2) is 48.5 Å². The van der Waals surface area contributed by atoms with Gasteiger partial charge in [0.15, 0.2) is 12.4 Å². The number of hydrogen-bond donors (Lipinski definition) is 2. The highest BCUT2D eigenvalue weighted by molar-refractivity contribution is 6.04. The van der Waals surface area contributed by atoms with E-state index in [0.29, 0.717) is 11.3 Å². The van der Waals surface area contributed by atoms with Crippen LogP contribution in [0.3, 0.4) is 0 Å². The summed E-state index contributed by atoms with van der Waals surface area (Å²) in [6.07, 6.45) is 4.13. The number of amides is 2.